The molecule has 0 amide bonds. The van der Waals surface area contributed by atoms with Gasteiger partial charge in [0, 0.05) is 18.8 Å². The molecule has 1 aliphatic carbocycles. The lowest BCUT2D eigenvalue weighted by Gasteiger charge is -2.53. The molecule has 2 aliphatic rings. The first-order valence-electron chi connectivity index (χ1n) is 6.56. The molecule has 0 aromatic heterocycles. The lowest BCUT2D eigenvalue weighted by Crippen LogP contribution is -2.46. The average Bonchev–Trinajstić information content (AvgIpc) is 2.16. The molecular formula is C14H25N. The van der Waals surface area contributed by atoms with Gasteiger partial charge in [-0.25, -0.2) is 0 Å². The zero-order chi connectivity index (χ0) is 10.9. The van der Waals surface area contributed by atoms with Crippen LogP contribution < -0.4 is 0 Å². The first-order valence-corrected chi connectivity index (χ1v) is 6.56. The van der Waals surface area contributed by atoms with E-state index in [-0.39, 0.29) is 0 Å². The second-order valence-corrected chi connectivity index (χ2v) is 5.79. The molecule has 0 radical (unpaired) electrons. The van der Waals surface area contributed by atoms with Crippen molar-refractivity contribution in [3.05, 3.63) is 12.3 Å². The Labute approximate surface area is 94.5 Å². The summed E-state index contributed by atoms with van der Waals surface area (Å²) in [6.45, 7) is 11.0. The summed E-state index contributed by atoms with van der Waals surface area (Å²) in [5.74, 6) is 1.06. The minimum absolute atomic E-state index is 0.756. The summed E-state index contributed by atoms with van der Waals surface area (Å²) in [5, 5.41) is 0. The number of nitrogens with zero attached hydrogens (tertiary/aromatic N) is 1. The van der Waals surface area contributed by atoms with Crippen molar-refractivity contribution in [1.29, 1.82) is 0 Å². The molecule has 2 rings (SSSR count). The van der Waals surface area contributed by atoms with Gasteiger partial charge in [0.05, 0.1) is 0 Å². The van der Waals surface area contributed by atoms with Crippen molar-refractivity contribution in [2.45, 2.75) is 52.4 Å². The summed E-state index contributed by atoms with van der Waals surface area (Å²) in [5.41, 5.74) is 2.01. The number of rotatable bonds is 3. The van der Waals surface area contributed by atoms with E-state index in [0.29, 0.717) is 0 Å². The van der Waals surface area contributed by atoms with Crippen LogP contribution in [-0.2, 0) is 0 Å². The van der Waals surface area contributed by atoms with Crippen molar-refractivity contribution in [3.63, 3.8) is 0 Å². The van der Waals surface area contributed by atoms with Crippen LogP contribution >= 0.6 is 0 Å². The second kappa shape index (κ2) is 4.19. The second-order valence-electron chi connectivity index (χ2n) is 5.79. The Morgan fingerprint density at radius 1 is 1.33 bits per heavy atom. The monoisotopic (exact) mass is 207 g/mol. The van der Waals surface area contributed by atoms with Crippen LogP contribution in [0.3, 0.4) is 0 Å². The van der Waals surface area contributed by atoms with E-state index in [2.05, 4.69) is 25.3 Å². The largest absolute Gasteiger partial charge is 0.375 e. The van der Waals surface area contributed by atoms with E-state index in [4.69, 9.17) is 0 Å². The van der Waals surface area contributed by atoms with Crippen molar-refractivity contribution in [1.82, 2.24) is 4.90 Å². The summed E-state index contributed by atoms with van der Waals surface area (Å²) in [7, 11) is 0. The predicted molar refractivity (Wildman–Crippen MR) is 65.7 cm³/mol. The molecule has 0 N–H and O–H groups in total. The molecule has 0 aromatic carbocycles. The molecule has 0 aromatic rings. The summed E-state index contributed by atoms with van der Waals surface area (Å²) in [6, 6.07) is 0. The SMILES string of the molecule is C=C(C)N1CCC2(CC1)CC(CCC)C2. The molecule has 1 spiro atoms. The van der Waals surface area contributed by atoms with Crippen molar-refractivity contribution >= 4 is 0 Å². The highest BCUT2D eigenvalue weighted by molar-refractivity contribution is 5.00. The molecule has 1 aliphatic heterocycles. The van der Waals surface area contributed by atoms with Gasteiger partial charge in [-0.05, 0) is 43.9 Å². The van der Waals surface area contributed by atoms with Crippen LogP contribution in [0.1, 0.15) is 52.4 Å². The minimum Gasteiger partial charge on any atom is -0.375 e. The number of piperidine rings is 1. The molecule has 0 bridgehead atoms. The predicted octanol–water partition coefficient (Wildman–Crippen LogP) is 3.81. The van der Waals surface area contributed by atoms with Crippen LogP contribution in [0.15, 0.2) is 12.3 Å². The number of allylic oxidation sites excluding steroid dienone is 1. The Balaban J connectivity index is 1.77. The van der Waals surface area contributed by atoms with E-state index in [1.54, 1.807) is 0 Å². The van der Waals surface area contributed by atoms with Crippen molar-refractivity contribution in [2.24, 2.45) is 11.3 Å². The van der Waals surface area contributed by atoms with Crippen LogP contribution in [0.25, 0.3) is 0 Å². The van der Waals surface area contributed by atoms with Crippen LogP contribution in [0.2, 0.25) is 0 Å². The van der Waals surface area contributed by atoms with Gasteiger partial charge in [-0.3, -0.25) is 0 Å². The third-order valence-electron chi connectivity index (χ3n) is 4.50. The number of hydrogen-bond acceptors (Lipinski definition) is 1. The van der Waals surface area contributed by atoms with E-state index in [1.165, 1.54) is 57.3 Å². The van der Waals surface area contributed by atoms with Gasteiger partial charge in [0.25, 0.3) is 0 Å². The Kier molecular flexibility index (Phi) is 3.08. The van der Waals surface area contributed by atoms with Crippen molar-refractivity contribution < 1.29 is 0 Å². The topological polar surface area (TPSA) is 3.24 Å². The summed E-state index contributed by atoms with van der Waals surface area (Å²) < 4.78 is 0. The van der Waals surface area contributed by atoms with Crippen LogP contribution in [0.5, 0.6) is 0 Å². The van der Waals surface area contributed by atoms with E-state index in [9.17, 15) is 0 Å². The Morgan fingerprint density at radius 3 is 2.40 bits per heavy atom. The maximum absolute atomic E-state index is 4.04. The molecule has 0 unspecified atom stereocenters. The van der Waals surface area contributed by atoms with Gasteiger partial charge < -0.3 is 4.90 Å². The third-order valence-corrected chi connectivity index (χ3v) is 4.50. The van der Waals surface area contributed by atoms with E-state index in [1.807, 2.05) is 0 Å². The lowest BCUT2D eigenvalue weighted by atomic mass is 9.56. The number of likely N-dealkylation sites (tertiary alicyclic amines) is 1. The fourth-order valence-corrected chi connectivity index (χ4v) is 3.55. The maximum Gasteiger partial charge on any atom is 0.0180 e. The van der Waals surface area contributed by atoms with Gasteiger partial charge in [-0.15, -0.1) is 0 Å². The quantitative estimate of drug-likeness (QED) is 0.680. The summed E-state index contributed by atoms with van der Waals surface area (Å²) >= 11 is 0. The average molecular weight is 207 g/mol. The Morgan fingerprint density at radius 2 is 1.93 bits per heavy atom. The first-order chi connectivity index (χ1) is 7.15. The smallest absolute Gasteiger partial charge is 0.0180 e. The summed E-state index contributed by atoms with van der Waals surface area (Å²) in [6.07, 6.45) is 8.71. The third kappa shape index (κ3) is 2.21. The fourth-order valence-electron chi connectivity index (χ4n) is 3.55. The molecule has 15 heavy (non-hydrogen) atoms. The molecule has 1 nitrogen and oxygen atoms in total. The summed E-state index contributed by atoms with van der Waals surface area (Å²) in [4.78, 5) is 2.46. The number of hydrogen-bond donors (Lipinski definition) is 0. The molecule has 1 heteroatoms. The zero-order valence-corrected chi connectivity index (χ0v) is 10.4. The van der Waals surface area contributed by atoms with Crippen LogP contribution in [0, 0.1) is 11.3 Å². The van der Waals surface area contributed by atoms with Crippen LogP contribution in [-0.4, -0.2) is 18.0 Å². The molecule has 1 saturated heterocycles. The minimum atomic E-state index is 0.756. The standard InChI is InChI=1S/C14H25N/c1-4-5-13-10-14(11-13)6-8-15(9-7-14)12(2)3/h13H,2,4-11H2,1,3H3. The highest BCUT2D eigenvalue weighted by Gasteiger charge is 2.44. The molecule has 1 saturated carbocycles. The van der Waals surface area contributed by atoms with Crippen molar-refractivity contribution in [3.8, 4) is 0 Å². The highest BCUT2D eigenvalue weighted by atomic mass is 15.1. The van der Waals surface area contributed by atoms with E-state index < -0.39 is 0 Å². The van der Waals surface area contributed by atoms with Gasteiger partial charge in [-0.2, -0.15) is 0 Å². The molecule has 1 heterocycles. The van der Waals surface area contributed by atoms with Gasteiger partial charge in [0.1, 0.15) is 0 Å². The zero-order valence-electron chi connectivity index (χ0n) is 10.4. The molecule has 0 atom stereocenters. The molecular weight excluding hydrogens is 182 g/mol. The highest BCUT2D eigenvalue weighted by Crippen LogP contribution is 2.54. The normalized spacial score (nSPS) is 25.3. The van der Waals surface area contributed by atoms with Gasteiger partial charge >= 0.3 is 0 Å². The van der Waals surface area contributed by atoms with Crippen molar-refractivity contribution in [2.75, 3.05) is 13.1 Å². The lowest BCUT2D eigenvalue weighted by molar-refractivity contribution is -0.00829. The van der Waals surface area contributed by atoms with Gasteiger partial charge in [0.15, 0.2) is 0 Å². The first kappa shape index (κ1) is 11.0. The van der Waals surface area contributed by atoms with E-state index >= 15 is 0 Å². The maximum atomic E-state index is 4.04. The van der Waals surface area contributed by atoms with E-state index in [0.717, 1.165) is 11.3 Å². The van der Waals surface area contributed by atoms with Gasteiger partial charge in [0.2, 0.25) is 0 Å². The molecule has 2 fully saturated rings. The molecule has 86 valence electrons. The fraction of sp³-hybridized carbons (Fsp3) is 0.857. The van der Waals surface area contributed by atoms with Gasteiger partial charge in [-0.1, -0.05) is 26.3 Å². The van der Waals surface area contributed by atoms with Crippen LogP contribution in [0.4, 0.5) is 0 Å². The Bertz CT molecular complexity index is 228. The Hall–Kier alpha value is -0.460.